The van der Waals surface area contributed by atoms with Crippen LogP contribution in [0, 0.1) is 16.7 Å². The van der Waals surface area contributed by atoms with Crippen LogP contribution in [0.2, 0.25) is 0 Å². The van der Waals surface area contributed by atoms with Crippen molar-refractivity contribution in [1.29, 1.82) is 0 Å². The Labute approximate surface area is 476 Å². The molecule has 1 saturated heterocycles. The molecule has 1 amide bonds. The van der Waals surface area contributed by atoms with Gasteiger partial charge < -0.3 is 44.0 Å². The zero-order valence-corrected chi connectivity index (χ0v) is 48.2. The predicted octanol–water partition coefficient (Wildman–Crippen LogP) is 10.3. The fraction of sp³-hybridized carbons (Fsp3) is 0.554. The molecule has 0 aromatic heterocycles. The number of Topliss-reactive ketones (excluding diaryl/α,β-unsaturated/α-hetero) is 1. The summed E-state index contributed by atoms with van der Waals surface area (Å²) in [5, 5.41) is 28.9. The number of unbranched alkanes of at least 4 members (excludes halogenated alkanes) is 11. The van der Waals surface area contributed by atoms with Crippen LogP contribution in [-0.4, -0.2) is 106 Å². The lowest BCUT2D eigenvalue weighted by Gasteiger charge is -2.67. The number of nitrogens with one attached hydrogen (secondary N) is 1. The Morgan fingerprint density at radius 3 is 1.86 bits per heavy atom. The summed E-state index contributed by atoms with van der Waals surface area (Å²) in [6, 6.07) is 23.1. The SMILES string of the molecule is CCCCCCCC/C=C\CCCCCCCC(=O)O[C@H]1C[C@H]2OC[C@@]2(OC(C)=O)C2[C@H](OC(=O)c3ccccc3)[C@]3(O)C[C@H](OC(=O)[C@H](O)[C@@H](NC(=O)c4ccccc4)c4ccccc4)C(C)=C([C@@H](OC(C)=O)C(=O)[C@@]21C)C3(C)C. The van der Waals surface area contributed by atoms with Crippen LogP contribution in [0.25, 0.3) is 0 Å². The summed E-state index contributed by atoms with van der Waals surface area (Å²) in [5.74, 6) is -7.51. The number of carbonyl (C=O) groups excluding carboxylic acids is 7. The van der Waals surface area contributed by atoms with Crippen molar-refractivity contribution in [3.8, 4) is 0 Å². The summed E-state index contributed by atoms with van der Waals surface area (Å²) in [6.45, 7) is 10.4. The number of fused-ring (bicyclic) bond motifs is 5. The molecule has 438 valence electrons. The second kappa shape index (κ2) is 27.5. The second-order valence-electron chi connectivity index (χ2n) is 23.2. The molecule has 3 fully saturated rings. The van der Waals surface area contributed by atoms with E-state index in [1.165, 1.54) is 64.5 Å². The third-order valence-electron chi connectivity index (χ3n) is 17.4. The van der Waals surface area contributed by atoms with Gasteiger partial charge in [-0.05, 0) is 86.9 Å². The van der Waals surface area contributed by atoms with Gasteiger partial charge in [-0.25, -0.2) is 9.59 Å². The molecule has 0 spiro atoms. The molecule has 16 heteroatoms. The van der Waals surface area contributed by atoms with Gasteiger partial charge in [0.25, 0.3) is 5.91 Å². The van der Waals surface area contributed by atoms with Crippen molar-refractivity contribution in [2.24, 2.45) is 16.7 Å². The number of carbonyl (C=O) groups is 7. The molecule has 0 radical (unpaired) electrons. The van der Waals surface area contributed by atoms with E-state index in [0.29, 0.717) is 12.0 Å². The molecule has 3 aliphatic carbocycles. The first-order valence-corrected chi connectivity index (χ1v) is 29.1. The molecule has 11 atom stereocenters. The molecular weight excluding hydrogens is 1030 g/mol. The van der Waals surface area contributed by atoms with Crippen molar-refractivity contribution in [2.45, 2.75) is 205 Å². The average Bonchev–Trinajstić information content (AvgIpc) is 0.894. The van der Waals surface area contributed by atoms with Crippen molar-refractivity contribution in [1.82, 2.24) is 5.32 Å². The molecule has 2 saturated carbocycles. The van der Waals surface area contributed by atoms with Crippen molar-refractivity contribution in [3.63, 3.8) is 0 Å². The van der Waals surface area contributed by atoms with Crippen LogP contribution in [0.4, 0.5) is 0 Å². The number of benzene rings is 3. The van der Waals surface area contributed by atoms with Crippen LogP contribution in [-0.2, 0) is 52.4 Å². The quantitative estimate of drug-likeness (QED) is 0.0294. The van der Waals surface area contributed by atoms with Gasteiger partial charge in [0.2, 0.25) is 0 Å². The highest BCUT2D eigenvalue weighted by atomic mass is 16.6. The Bertz CT molecular complexity index is 2740. The van der Waals surface area contributed by atoms with Crippen molar-refractivity contribution < 1.29 is 72.2 Å². The maximum absolute atomic E-state index is 16.3. The first-order chi connectivity index (χ1) is 38.7. The number of aliphatic hydroxyl groups is 2. The molecule has 4 aliphatic rings. The monoisotopic (exact) mass is 1120 g/mol. The highest BCUT2D eigenvalue weighted by molar-refractivity contribution is 5.96. The zero-order chi connectivity index (χ0) is 58.5. The van der Waals surface area contributed by atoms with E-state index >= 15 is 4.79 Å². The number of amides is 1. The third-order valence-corrected chi connectivity index (χ3v) is 17.4. The predicted molar refractivity (Wildman–Crippen MR) is 301 cm³/mol. The molecule has 1 aliphatic heterocycles. The van der Waals surface area contributed by atoms with Crippen molar-refractivity contribution >= 4 is 41.5 Å². The number of hydrogen-bond donors (Lipinski definition) is 3. The van der Waals surface area contributed by atoms with E-state index in [1.54, 1.807) is 99.6 Å². The summed E-state index contributed by atoms with van der Waals surface area (Å²) < 4.78 is 37.8. The first-order valence-electron chi connectivity index (χ1n) is 29.1. The third kappa shape index (κ3) is 13.7. The van der Waals surface area contributed by atoms with Gasteiger partial charge in [0, 0.05) is 44.1 Å². The van der Waals surface area contributed by atoms with Crippen LogP contribution in [0.3, 0.4) is 0 Å². The molecule has 3 aromatic rings. The number of ketones is 1. The number of esters is 5. The number of aliphatic hydroxyl groups excluding tert-OH is 1. The second-order valence-corrected chi connectivity index (χ2v) is 23.2. The Kier molecular flexibility index (Phi) is 21.1. The summed E-state index contributed by atoms with van der Waals surface area (Å²) >= 11 is 0. The van der Waals surface area contributed by atoms with Crippen molar-refractivity contribution in [2.75, 3.05) is 6.61 Å². The van der Waals surface area contributed by atoms with Gasteiger partial charge in [-0.1, -0.05) is 151 Å². The number of allylic oxidation sites excluding steroid dienone is 2. The summed E-state index contributed by atoms with van der Waals surface area (Å²) in [7, 11) is 0. The van der Waals surface area contributed by atoms with E-state index < -0.39 is 119 Å². The van der Waals surface area contributed by atoms with Gasteiger partial charge in [0.05, 0.1) is 29.5 Å². The normalized spacial score (nSPS) is 27.2. The smallest absolute Gasteiger partial charge is 0.338 e. The van der Waals surface area contributed by atoms with Crippen LogP contribution >= 0.6 is 0 Å². The van der Waals surface area contributed by atoms with Gasteiger partial charge in [-0.3, -0.25) is 24.0 Å². The Balaban J connectivity index is 1.24. The van der Waals surface area contributed by atoms with Gasteiger partial charge in [0.15, 0.2) is 23.6 Å². The topological polar surface area (TPSA) is 227 Å². The minimum atomic E-state index is -2.45. The highest BCUT2D eigenvalue weighted by Gasteiger charge is 2.79. The molecule has 2 bridgehead atoms. The molecule has 7 rings (SSSR count). The van der Waals surface area contributed by atoms with E-state index in [9.17, 15) is 39.0 Å². The molecule has 1 unspecified atom stereocenters. The lowest BCUT2D eigenvalue weighted by molar-refractivity contribution is -0.346. The van der Waals surface area contributed by atoms with E-state index in [2.05, 4.69) is 24.4 Å². The van der Waals surface area contributed by atoms with Crippen LogP contribution in [0.15, 0.2) is 114 Å². The van der Waals surface area contributed by atoms with Gasteiger partial charge >= 0.3 is 29.8 Å². The van der Waals surface area contributed by atoms with E-state index in [4.69, 9.17) is 28.4 Å². The van der Waals surface area contributed by atoms with Gasteiger partial charge in [-0.2, -0.15) is 0 Å². The van der Waals surface area contributed by atoms with Crippen LogP contribution in [0.5, 0.6) is 0 Å². The van der Waals surface area contributed by atoms with Gasteiger partial charge in [0.1, 0.15) is 30.0 Å². The minimum absolute atomic E-state index is 0.00516. The molecule has 3 N–H and O–H groups in total. The summed E-state index contributed by atoms with van der Waals surface area (Å²) in [6.07, 6.45) is 7.87. The van der Waals surface area contributed by atoms with Crippen molar-refractivity contribution in [3.05, 3.63) is 131 Å². The standard InChI is InChI=1S/C65H83NO15/c1-8-9-10-11-12-13-14-15-16-17-18-19-20-21-31-38-51(69)79-49-39-50-64(41-76-50,81-44(4)68)56-58(80-60(73)47-36-29-24-30-37-47)65(75)40-48(42(2)52(62(65,5)6)55(77-43(3)67)57(71)63(49,56)7)78-61(74)54(70)53(45-32-25-22-26-33-45)66-59(72)46-34-27-23-28-35-46/h15-16,22-30,32-37,48-50,53-56,58,70,75H,8-14,17-21,31,38-41H2,1-7H3,(H,66,72)/b16-15-/t48-,49-,50+,53-,54+,55+,56?,58-,63+,64-,65+/m0/s1. The Hall–Kier alpha value is -6.49. The van der Waals surface area contributed by atoms with Crippen LogP contribution < -0.4 is 5.32 Å². The van der Waals surface area contributed by atoms with E-state index in [-0.39, 0.29) is 41.7 Å². The largest absolute Gasteiger partial charge is 0.461 e. The number of hydrogen-bond acceptors (Lipinski definition) is 15. The first kappa shape index (κ1) is 62.1. The highest BCUT2D eigenvalue weighted by Crippen LogP contribution is 2.65. The van der Waals surface area contributed by atoms with Gasteiger partial charge in [-0.15, -0.1) is 0 Å². The minimum Gasteiger partial charge on any atom is -0.461 e. The zero-order valence-electron chi connectivity index (χ0n) is 48.2. The molecule has 1 heterocycles. The molecule has 81 heavy (non-hydrogen) atoms. The fourth-order valence-corrected chi connectivity index (χ4v) is 12.9. The molecule has 3 aromatic carbocycles. The molecular formula is C65H83NO15. The Morgan fingerprint density at radius 1 is 0.728 bits per heavy atom. The summed E-state index contributed by atoms with van der Waals surface area (Å²) in [4.78, 5) is 100. The van der Waals surface area contributed by atoms with E-state index in [0.717, 1.165) is 45.4 Å². The van der Waals surface area contributed by atoms with E-state index in [1.807, 2.05) is 0 Å². The average molecular weight is 1120 g/mol. The molecule has 16 nitrogen and oxygen atoms in total. The Morgan fingerprint density at radius 2 is 1.30 bits per heavy atom. The lowest BCUT2D eigenvalue weighted by atomic mass is 9.44. The maximum atomic E-state index is 16.3. The number of ether oxygens (including phenoxy) is 6. The maximum Gasteiger partial charge on any atom is 0.338 e. The summed E-state index contributed by atoms with van der Waals surface area (Å²) in [5.41, 5.74) is -7.24. The fourth-order valence-electron chi connectivity index (χ4n) is 12.9. The lowest BCUT2D eigenvalue weighted by Crippen LogP contribution is -2.82. The van der Waals surface area contributed by atoms with Crippen LogP contribution in [0.1, 0.15) is 184 Å². The number of rotatable bonds is 26.